The Morgan fingerprint density at radius 1 is 0.974 bits per heavy atom. The first-order chi connectivity index (χ1) is 18.3. The smallest absolute Gasteiger partial charge is 0.410 e. The van der Waals surface area contributed by atoms with E-state index in [4.69, 9.17) is 4.74 Å². The molecule has 11 heteroatoms. The second-order valence-electron chi connectivity index (χ2n) is 11.3. The number of hydrogen-bond acceptors (Lipinski definition) is 7. The standard InChI is InChI=1S/C28H40N4O7/c1-17(24(35)30-21(18(2)33)16-19-10-12-20(34)13-11-19)29-25(36)22-8-6-14-31(22)26(37)23-9-7-15-32(23)27(38)39-28(3,4)5/h10-13,17,21-23,34H,6-9,14-16H2,1-5H3,(H,29,36)(H,30,35). The fourth-order valence-corrected chi connectivity index (χ4v) is 4.89. The molecule has 39 heavy (non-hydrogen) atoms. The minimum absolute atomic E-state index is 0.100. The van der Waals surface area contributed by atoms with Gasteiger partial charge in [-0.3, -0.25) is 24.1 Å². The predicted molar refractivity (Wildman–Crippen MR) is 143 cm³/mol. The number of rotatable bonds is 8. The zero-order chi connectivity index (χ0) is 28.9. The average Bonchev–Trinajstić information content (AvgIpc) is 3.53. The minimum atomic E-state index is -0.943. The summed E-state index contributed by atoms with van der Waals surface area (Å²) in [5, 5.41) is 14.8. The maximum absolute atomic E-state index is 13.4. The van der Waals surface area contributed by atoms with Crippen molar-refractivity contribution in [2.75, 3.05) is 13.1 Å². The Kier molecular flexibility index (Phi) is 9.58. The average molecular weight is 545 g/mol. The van der Waals surface area contributed by atoms with Gasteiger partial charge in [0.1, 0.15) is 29.5 Å². The van der Waals surface area contributed by atoms with Crippen molar-refractivity contribution in [1.29, 1.82) is 0 Å². The molecule has 2 heterocycles. The van der Waals surface area contributed by atoms with Crippen LogP contribution in [0.5, 0.6) is 5.75 Å². The third-order valence-electron chi connectivity index (χ3n) is 6.94. The lowest BCUT2D eigenvalue weighted by Gasteiger charge is -2.32. The molecule has 0 spiro atoms. The third kappa shape index (κ3) is 7.93. The molecule has 11 nitrogen and oxygen atoms in total. The summed E-state index contributed by atoms with van der Waals surface area (Å²) < 4.78 is 5.47. The molecule has 3 rings (SSSR count). The number of phenolic OH excluding ortho intramolecular Hbond substituents is 1. The molecule has 0 bridgehead atoms. The molecular weight excluding hydrogens is 504 g/mol. The molecule has 0 aliphatic carbocycles. The van der Waals surface area contributed by atoms with Crippen LogP contribution < -0.4 is 10.6 Å². The quantitative estimate of drug-likeness (QED) is 0.453. The van der Waals surface area contributed by atoms with Crippen molar-refractivity contribution in [2.24, 2.45) is 0 Å². The Morgan fingerprint density at radius 3 is 2.15 bits per heavy atom. The molecular formula is C28H40N4O7. The summed E-state index contributed by atoms with van der Waals surface area (Å²) in [6, 6.07) is 3.16. The number of ketones is 1. The van der Waals surface area contributed by atoms with Crippen LogP contribution in [0, 0.1) is 0 Å². The number of likely N-dealkylation sites (tertiary alicyclic amines) is 2. The Hall–Kier alpha value is -3.63. The van der Waals surface area contributed by atoms with Crippen molar-refractivity contribution in [1.82, 2.24) is 20.4 Å². The van der Waals surface area contributed by atoms with E-state index in [1.54, 1.807) is 32.9 Å². The van der Waals surface area contributed by atoms with Crippen LogP contribution in [-0.2, 0) is 30.3 Å². The van der Waals surface area contributed by atoms with Gasteiger partial charge in [-0.15, -0.1) is 0 Å². The number of carbonyl (C=O) groups excluding carboxylic acids is 5. The van der Waals surface area contributed by atoms with Crippen LogP contribution in [-0.4, -0.2) is 87.4 Å². The number of carbonyl (C=O) groups is 5. The van der Waals surface area contributed by atoms with Gasteiger partial charge < -0.3 is 25.4 Å². The molecule has 3 N–H and O–H groups in total. The number of ether oxygens (including phenoxy) is 1. The van der Waals surface area contributed by atoms with Gasteiger partial charge >= 0.3 is 6.09 Å². The number of Topliss-reactive ketones (excluding diaryl/α,β-unsaturated/α-hetero) is 1. The number of nitrogens with one attached hydrogen (secondary N) is 2. The van der Waals surface area contributed by atoms with Crippen LogP contribution in [0.25, 0.3) is 0 Å². The van der Waals surface area contributed by atoms with Gasteiger partial charge in [0, 0.05) is 13.1 Å². The highest BCUT2D eigenvalue weighted by atomic mass is 16.6. The van der Waals surface area contributed by atoms with Crippen molar-refractivity contribution in [2.45, 2.75) is 96.5 Å². The van der Waals surface area contributed by atoms with Crippen LogP contribution in [0.3, 0.4) is 0 Å². The van der Waals surface area contributed by atoms with Gasteiger partial charge in [-0.1, -0.05) is 12.1 Å². The molecule has 4 amide bonds. The number of nitrogens with zero attached hydrogens (tertiary/aromatic N) is 2. The molecule has 1 aromatic rings. The van der Waals surface area contributed by atoms with Gasteiger partial charge in [0.15, 0.2) is 5.78 Å². The van der Waals surface area contributed by atoms with Crippen molar-refractivity contribution in [3.8, 4) is 5.75 Å². The van der Waals surface area contributed by atoms with E-state index in [0.717, 1.165) is 5.56 Å². The van der Waals surface area contributed by atoms with Crippen LogP contribution >= 0.6 is 0 Å². The summed E-state index contributed by atoms with van der Waals surface area (Å²) >= 11 is 0. The fraction of sp³-hybridized carbons (Fsp3) is 0.607. The van der Waals surface area contributed by atoms with E-state index < -0.39 is 47.7 Å². The molecule has 4 atom stereocenters. The number of aromatic hydroxyl groups is 1. The van der Waals surface area contributed by atoms with Gasteiger partial charge in [-0.05, 0) is 84.4 Å². The van der Waals surface area contributed by atoms with E-state index in [9.17, 15) is 29.1 Å². The molecule has 2 saturated heterocycles. The van der Waals surface area contributed by atoms with Crippen LogP contribution in [0.1, 0.15) is 65.9 Å². The van der Waals surface area contributed by atoms with E-state index >= 15 is 0 Å². The Bertz CT molecular complexity index is 1080. The number of amides is 4. The summed E-state index contributed by atoms with van der Waals surface area (Å²) in [4.78, 5) is 67.2. The molecule has 0 aromatic heterocycles. The first-order valence-corrected chi connectivity index (χ1v) is 13.5. The van der Waals surface area contributed by atoms with E-state index in [0.29, 0.717) is 38.8 Å². The number of phenols is 1. The molecule has 1 aromatic carbocycles. The normalized spacial score (nSPS) is 20.7. The topological polar surface area (TPSA) is 145 Å². The highest BCUT2D eigenvalue weighted by Crippen LogP contribution is 2.26. The van der Waals surface area contributed by atoms with Gasteiger partial charge in [-0.2, -0.15) is 0 Å². The van der Waals surface area contributed by atoms with E-state index in [1.165, 1.54) is 35.8 Å². The molecule has 2 fully saturated rings. The largest absolute Gasteiger partial charge is 0.508 e. The first-order valence-electron chi connectivity index (χ1n) is 13.5. The number of hydrogen-bond donors (Lipinski definition) is 3. The maximum Gasteiger partial charge on any atom is 0.410 e. The summed E-state index contributed by atoms with van der Waals surface area (Å²) in [6.07, 6.45) is 1.93. The summed E-state index contributed by atoms with van der Waals surface area (Å²) in [6.45, 7) is 8.99. The lowest BCUT2D eigenvalue weighted by molar-refractivity contribution is -0.142. The zero-order valence-corrected chi connectivity index (χ0v) is 23.4. The highest BCUT2D eigenvalue weighted by molar-refractivity contribution is 5.95. The zero-order valence-electron chi connectivity index (χ0n) is 23.4. The lowest BCUT2D eigenvalue weighted by atomic mass is 10.0. The second-order valence-corrected chi connectivity index (χ2v) is 11.3. The van der Waals surface area contributed by atoms with Gasteiger partial charge in [0.2, 0.25) is 17.7 Å². The minimum Gasteiger partial charge on any atom is -0.508 e. The molecule has 2 aliphatic heterocycles. The summed E-state index contributed by atoms with van der Waals surface area (Å²) in [7, 11) is 0. The SMILES string of the molecule is CC(=O)C(Cc1ccc(O)cc1)NC(=O)C(C)NC(=O)C1CCCN1C(=O)C1CCCN1C(=O)OC(C)(C)C. The Morgan fingerprint density at radius 2 is 1.56 bits per heavy atom. The van der Waals surface area contributed by atoms with Crippen LogP contribution in [0.2, 0.25) is 0 Å². The molecule has 0 radical (unpaired) electrons. The fourth-order valence-electron chi connectivity index (χ4n) is 4.89. The molecule has 4 unspecified atom stereocenters. The highest BCUT2D eigenvalue weighted by Gasteiger charge is 2.43. The van der Waals surface area contributed by atoms with Gasteiger partial charge in [0.05, 0.1) is 6.04 Å². The first kappa shape index (κ1) is 29.9. The monoisotopic (exact) mass is 544 g/mol. The molecule has 0 saturated carbocycles. The third-order valence-corrected chi connectivity index (χ3v) is 6.94. The molecule has 2 aliphatic rings. The van der Waals surface area contributed by atoms with Crippen LogP contribution in [0.15, 0.2) is 24.3 Å². The lowest BCUT2D eigenvalue weighted by Crippen LogP contribution is -2.56. The maximum atomic E-state index is 13.4. The van der Waals surface area contributed by atoms with Crippen molar-refractivity contribution in [3.05, 3.63) is 29.8 Å². The van der Waals surface area contributed by atoms with E-state index in [1.807, 2.05) is 0 Å². The van der Waals surface area contributed by atoms with E-state index in [2.05, 4.69) is 10.6 Å². The molecule has 214 valence electrons. The Balaban J connectivity index is 1.60. The predicted octanol–water partition coefficient (Wildman–Crippen LogP) is 1.90. The van der Waals surface area contributed by atoms with Crippen molar-refractivity contribution in [3.63, 3.8) is 0 Å². The van der Waals surface area contributed by atoms with Gasteiger partial charge in [0.25, 0.3) is 0 Å². The van der Waals surface area contributed by atoms with Gasteiger partial charge in [-0.25, -0.2) is 4.79 Å². The Labute approximate surface area is 229 Å². The van der Waals surface area contributed by atoms with Crippen LogP contribution in [0.4, 0.5) is 4.79 Å². The summed E-state index contributed by atoms with van der Waals surface area (Å²) in [5.74, 6) is -1.41. The summed E-state index contributed by atoms with van der Waals surface area (Å²) in [5.41, 5.74) is 0.0725. The van der Waals surface area contributed by atoms with Crippen molar-refractivity contribution < 1.29 is 33.8 Å². The second kappa shape index (κ2) is 12.5. The van der Waals surface area contributed by atoms with E-state index in [-0.39, 0.29) is 23.9 Å². The number of benzene rings is 1. The van der Waals surface area contributed by atoms with Crippen molar-refractivity contribution >= 4 is 29.6 Å².